The maximum Gasteiger partial charge on any atom is 0.165 e. The number of rotatable bonds is 3. The molecular weight excluding hydrogens is 324 g/mol. The fourth-order valence-corrected chi connectivity index (χ4v) is 5.32. The average Bonchev–Trinajstić information content (AvgIpc) is 2.63. The Morgan fingerprint density at radius 1 is 1.15 bits per heavy atom. The second kappa shape index (κ2) is 6.24. The highest BCUT2D eigenvalue weighted by Crippen LogP contribution is 2.54. The SMILES string of the molecule is CC[C@@]12CC(=O)[C@](O)(Cc3ccccc3)C[C@H]1CCc1cc(O)ccc12. The lowest BCUT2D eigenvalue weighted by Gasteiger charge is -2.52. The molecule has 26 heavy (non-hydrogen) atoms. The Bertz CT molecular complexity index is 829. The molecule has 2 aliphatic carbocycles. The molecule has 0 aliphatic heterocycles. The molecule has 0 bridgehead atoms. The number of phenolic OH excluding ortho intramolecular Hbond substituents is 1. The van der Waals surface area contributed by atoms with Crippen molar-refractivity contribution in [3.05, 3.63) is 65.2 Å². The van der Waals surface area contributed by atoms with Gasteiger partial charge in [-0.25, -0.2) is 0 Å². The van der Waals surface area contributed by atoms with Gasteiger partial charge in [0.15, 0.2) is 5.78 Å². The van der Waals surface area contributed by atoms with Crippen LogP contribution in [0.25, 0.3) is 0 Å². The van der Waals surface area contributed by atoms with Crippen LogP contribution in [0.5, 0.6) is 5.75 Å². The number of hydrogen-bond donors (Lipinski definition) is 2. The Morgan fingerprint density at radius 2 is 1.92 bits per heavy atom. The van der Waals surface area contributed by atoms with E-state index in [1.807, 2.05) is 42.5 Å². The number of carbonyl (C=O) groups excluding carboxylic acids is 1. The van der Waals surface area contributed by atoms with E-state index in [9.17, 15) is 15.0 Å². The summed E-state index contributed by atoms with van der Waals surface area (Å²) >= 11 is 0. The molecule has 3 heteroatoms. The number of fused-ring (bicyclic) bond motifs is 3. The largest absolute Gasteiger partial charge is 0.508 e. The Morgan fingerprint density at radius 3 is 2.65 bits per heavy atom. The highest BCUT2D eigenvalue weighted by molar-refractivity contribution is 5.90. The molecule has 3 nitrogen and oxygen atoms in total. The first-order valence-corrected chi connectivity index (χ1v) is 9.59. The predicted octanol–water partition coefficient (Wildman–Crippen LogP) is 3.94. The first-order valence-electron chi connectivity index (χ1n) is 9.59. The molecule has 0 aromatic heterocycles. The highest BCUT2D eigenvalue weighted by atomic mass is 16.3. The van der Waals surface area contributed by atoms with Crippen molar-refractivity contribution in [2.24, 2.45) is 5.92 Å². The summed E-state index contributed by atoms with van der Waals surface area (Å²) in [6.45, 7) is 2.14. The van der Waals surface area contributed by atoms with Crippen LogP contribution in [0.15, 0.2) is 48.5 Å². The molecule has 0 heterocycles. The molecular formula is C23H26O3. The normalized spacial score (nSPS) is 30.5. The first-order chi connectivity index (χ1) is 12.5. The summed E-state index contributed by atoms with van der Waals surface area (Å²) in [6, 6.07) is 15.4. The van der Waals surface area contributed by atoms with Gasteiger partial charge in [-0.1, -0.05) is 43.3 Å². The summed E-state index contributed by atoms with van der Waals surface area (Å²) in [5, 5.41) is 21.1. The Hall–Kier alpha value is -2.13. The first kappa shape index (κ1) is 17.3. The van der Waals surface area contributed by atoms with Gasteiger partial charge in [-0.15, -0.1) is 0 Å². The molecule has 2 N–H and O–H groups in total. The van der Waals surface area contributed by atoms with E-state index in [1.54, 1.807) is 6.07 Å². The van der Waals surface area contributed by atoms with Gasteiger partial charge >= 0.3 is 0 Å². The van der Waals surface area contributed by atoms with E-state index >= 15 is 0 Å². The van der Waals surface area contributed by atoms with Crippen molar-refractivity contribution >= 4 is 5.78 Å². The van der Waals surface area contributed by atoms with Gasteiger partial charge in [-0.2, -0.15) is 0 Å². The predicted molar refractivity (Wildman–Crippen MR) is 101 cm³/mol. The third-order valence-corrected chi connectivity index (χ3v) is 6.72. The van der Waals surface area contributed by atoms with Crippen LogP contribution >= 0.6 is 0 Å². The van der Waals surface area contributed by atoms with Crippen molar-refractivity contribution < 1.29 is 15.0 Å². The molecule has 2 aromatic carbocycles. The summed E-state index contributed by atoms with van der Waals surface area (Å²) in [4.78, 5) is 13.1. The molecule has 2 aromatic rings. The summed E-state index contributed by atoms with van der Waals surface area (Å²) in [5.74, 6) is 0.535. The molecule has 0 unspecified atom stereocenters. The van der Waals surface area contributed by atoms with Crippen LogP contribution in [-0.4, -0.2) is 21.6 Å². The summed E-state index contributed by atoms with van der Waals surface area (Å²) in [7, 11) is 0. The summed E-state index contributed by atoms with van der Waals surface area (Å²) < 4.78 is 0. The molecule has 2 aliphatic rings. The fourth-order valence-electron chi connectivity index (χ4n) is 5.32. The number of carbonyl (C=O) groups is 1. The van der Waals surface area contributed by atoms with Crippen molar-refractivity contribution in [3.8, 4) is 5.75 Å². The van der Waals surface area contributed by atoms with Crippen LogP contribution in [0, 0.1) is 5.92 Å². The summed E-state index contributed by atoms with van der Waals surface area (Å²) in [6.07, 6.45) is 4.03. The lowest BCUT2D eigenvalue weighted by Crippen LogP contribution is -2.56. The van der Waals surface area contributed by atoms with Gasteiger partial charge in [0.1, 0.15) is 11.4 Å². The van der Waals surface area contributed by atoms with Crippen molar-refractivity contribution in [2.75, 3.05) is 0 Å². The number of ketones is 1. The van der Waals surface area contributed by atoms with Crippen LogP contribution in [0.3, 0.4) is 0 Å². The smallest absolute Gasteiger partial charge is 0.165 e. The second-order valence-corrected chi connectivity index (χ2v) is 8.08. The Kier molecular flexibility index (Phi) is 4.15. The van der Waals surface area contributed by atoms with Gasteiger partial charge in [0.2, 0.25) is 0 Å². The molecule has 1 fully saturated rings. The third-order valence-electron chi connectivity index (χ3n) is 6.72. The number of aliphatic hydroxyl groups is 1. The molecule has 1 saturated carbocycles. The van der Waals surface area contributed by atoms with E-state index in [4.69, 9.17) is 0 Å². The zero-order valence-corrected chi connectivity index (χ0v) is 15.2. The minimum absolute atomic E-state index is 0.0413. The number of phenols is 1. The molecule has 0 saturated heterocycles. The van der Waals surface area contributed by atoms with Crippen molar-refractivity contribution in [1.82, 2.24) is 0 Å². The standard InChI is InChI=1S/C23H26O3/c1-2-22-15-21(25)23(26,13-16-6-4-3-5-7-16)14-18(22)9-8-17-12-19(24)10-11-20(17)22/h3-7,10-12,18,24,26H,2,8-9,13-15H2,1H3/t18-,22-,23+/m1/s1. The second-order valence-electron chi connectivity index (χ2n) is 8.08. The number of Topliss-reactive ketones (excluding diaryl/α,β-unsaturated/α-hetero) is 1. The van der Waals surface area contributed by atoms with E-state index in [-0.39, 0.29) is 22.9 Å². The van der Waals surface area contributed by atoms with Gasteiger partial charge in [0.05, 0.1) is 0 Å². The fraction of sp³-hybridized carbons (Fsp3) is 0.435. The lowest BCUT2D eigenvalue weighted by molar-refractivity contribution is -0.148. The lowest BCUT2D eigenvalue weighted by atomic mass is 9.52. The molecule has 0 radical (unpaired) electrons. The van der Waals surface area contributed by atoms with Crippen molar-refractivity contribution in [2.45, 2.75) is 56.5 Å². The highest BCUT2D eigenvalue weighted by Gasteiger charge is 2.54. The van der Waals surface area contributed by atoms with E-state index in [1.165, 1.54) is 5.56 Å². The zero-order valence-electron chi connectivity index (χ0n) is 15.2. The van der Waals surface area contributed by atoms with Gasteiger partial charge in [-0.05, 0) is 60.4 Å². The Balaban J connectivity index is 1.69. The monoisotopic (exact) mass is 350 g/mol. The maximum atomic E-state index is 13.1. The van der Waals surface area contributed by atoms with E-state index in [0.717, 1.165) is 30.4 Å². The number of aromatic hydroxyl groups is 1. The number of aryl methyl sites for hydroxylation is 1. The zero-order chi connectivity index (χ0) is 18.4. The van der Waals surface area contributed by atoms with Crippen LogP contribution in [-0.2, 0) is 23.1 Å². The van der Waals surface area contributed by atoms with Crippen molar-refractivity contribution in [3.63, 3.8) is 0 Å². The number of hydrogen-bond acceptors (Lipinski definition) is 3. The van der Waals surface area contributed by atoms with E-state index in [0.29, 0.717) is 19.3 Å². The molecule has 0 amide bonds. The average molecular weight is 350 g/mol. The van der Waals surface area contributed by atoms with Crippen LogP contribution in [0.4, 0.5) is 0 Å². The van der Waals surface area contributed by atoms with E-state index in [2.05, 4.69) is 6.92 Å². The third kappa shape index (κ3) is 2.66. The molecule has 3 atom stereocenters. The van der Waals surface area contributed by atoms with Gasteiger partial charge < -0.3 is 10.2 Å². The van der Waals surface area contributed by atoms with Crippen molar-refractivity contribution in [1.29, 1.82) is 0 Å². The topological polar surface area (TPSA) is 57.5 Å². The molecule has 0 spiro atoms. The Labute approximate surface area is 154 Å². The van der Waals surface area contributed by atoms with Gasteiger partial charge in [0.25, 0.3) is 0 Å². The minimum atomic E-state index is -1.26. The molecule has 136 valence electrons. The maximum absolute atomic E-state index is 13.1. The molecule has 4 rings (SSSR count). The van der Waals surface area contributed by atoms with Crippen LogP contribution in [0.2, 0.25) is 0 Å². The number of benzene rings is 2. The van der Waals surface area contributed by atoms with Gasteiger partial charge in [-0.3, -0.25) is 4.79 Å². The van der Waals surface area contributed by atoms with Crippen LogP contribution in [0.1, 0.15) is 49.3 Å². The quantitative estimate of drug-likeness (QED) is 0.881. The summed E-state index contributed by atoms with van der Waals surface area (Å²) in [5.41, 5.74) is 1.89. The minimum Gasteiger partial charge on any atom is -0.508 e. The van der Waals surface area contributed by atoms with Crippen LogP contribution < -0.4 is 0 Å². The van der Waals surface area contributed by atoms with Gasteiger partial charge in [0, 0.05) is 18.3 Å². The van der Waals surface area contributed by atoms with E-state index < -0.39 is 5.60 Å².